The van der Waals surface area contributed by atoms with Crippen LogP contribution in [0.3, 0.4) is 0 Å². The number of methoxy groups -OCH3 is 1. The summed E-state index contributed by atoms with van der Waals surface area (Å²) in [5, 5.41) is 0. The number of hydrogen-bond acceptors (Lipinski definition) is 3. The number of alkyl halides is 3. The largest absolute Gasteiger partial charge is 0.496 e. The quantitative estimate of drug-likeness (QED) is 0.624. The normalized spacial score (nSPS) is 11.6. The Morgan fingerprint density at radius 3 is 2.58 bits per heavy atom. The molecule has 0 aliphatic carbocycles. The fraction of sp³-hybridized carbons (Fsp3) is 0.308. The maximum Gasteiger partial charge on any atom is 0.419 e. The number of carbonyl (C=O) groups is 1. The molecule has 0 amide bonds. The molecule has 1 aromatic rings. The summed E-state index contributed by atoms with van der Waals surface area (Å²) < 4.78 is 47.2. The van der Waals surface area contributed by atoms with Crippen LogP contribution in [0, 0.1) is 0 Å². The fourth-order valence-corrected chi connectivity index (χ4v) is 1.40. The second-order valence-corrected chi connectivity index (χ2v) is 3.54. The van der Waals surface area contributed by atoms with Gasteiger partial charge in [0.05, 0.1) is 19.3 Å². The summed E-state index contributed by atoms with van der Waals surface area (Å²) in [6, 6.07) is 3.36. The lowest BCUT2D eigenvalue weighted by molar-refractivity contribution is -0.139. The Morgan fingerprint density at radius 1 is 1.37 bits per heavy atom. The third kappa shape index (κ3) is 4.31. The number of esters is 1. The molecule has 0 saturated heterocycles. The zero-order chi connectivity index (χ0) is 14.5. The maximum absolute atomic E-state index is 12.6. The maximum atomic E-state index is 12.6. The Hall–Kier alpha value is -1.98. The van der Waals surface area contributed by atoms with Gasteiger partial charge in [0.25, 0.3) is 0 Å². The van der Waals surface area contributed by atoms with E-state index in [-0.39, 0.29) is 12.4 Å². The van der Waals surface area contributed by atoms with E-state index in [2.05, 4.69) is 4.74 Å². The van der Waals surface area contributed by atoms with Gasteiger partial charge in [-0.1, -0.05) is 6.07 Å². The molecule has 0 fully saturated rings. The molecule has 3 nitrogen and oxygen atoms in total. The van der Waals surface area contributed by atoms with E-state index in [0.717, 1.165) is 19.3 Å². The summed E-state index contributed by atoms with van der Waals surface area (Å²) in [5.74, 6) is -0.847. The van der Waals surface area contributed by atoms with Gasteiger partial charge in [-0.05, 0) is 30.7 Å². The minimum atomic E-state index is -4.48. The Morgan fingerprint density at radius 2 is 2.05 bits per heavy atom. The lowest BCUT2D eigenvalue weighted by atomic mass is 10.1. The molecular weight excluding hydrogens is 261 g/mol. The molecule has 0 spiro atoms. The Labute approximate surface area is 108 Å². The van der Waals surface area contributed by atoms with Gasteiger partial charge in [-0.15, -0.1) is 0 Å². The average Bonchev–Trinajstić information content (AvgIpc) is 2.35. The highest BCUT2D eigenvalue weighted by Gasteiger charge is 2.34. The lowest BCUT2D eigenvalue weighted by Crippen LogP contribution is -2.07. The first-order chi connectivity index (χ1) is 8.88. The van der Waals surface area contributed by atoms with Crippen LogP contribution in [0.1, 0.15) is 18.1 Å². The Balaban J connectivity index is 2.98. The summed E-state index contributed by atoms with van der Waals surface area (Å²) >= 11 is 0. The smallest absolute Gasteiger partial charge is 0.419 e. The zero-order valence-electron chi connectivity index (χ0n) is 10.5. The molecule has 0 saturated carbocycles. The van der Waals surface area contributed by atoms with Crippen LogP contribution >= 0.6 is 0 Å². The summed E-state index contributed by atoms with van der Waals surface area (Å²) in [5.41, 5.74) is -0.443. The number of carbonyl (C=O) groups excluding carboxylic acids is 1. The first kappa shape index (κ1) is 15.1. The number of hydrogen-bond donors (Lipinski definition) is 0. The highest BCUT2D eigenvalue weighted by Crippen LogP contribution is 2.36. The van der Waals surface area contributed by atoms with Gasteiger partial charge in [-0.2, -0.15) is 13.2 Å². The van der Waals surface area contributed by atoms with E-state index in [1.165, 1.54) is 18.2 Å². The van der Waals surface area contributed by atoms with Gasteiger partial charge in [0.2, 0.25) is 0 Å². The molecule has 0 heterocycles. The van der Waals surface area contributed by atoms with Gasteiger partial charge in [0, 0.05) is 6.08 Å². The zero-order valence-corrected chi connectivity index (χ0v) is 10.5. The Bertz CT molecular complexity index is 479. The molecule has 19 heavy (non-hydrogen) atoms. The molecule has 1 rings (SSSR count). The van der Waals surface area contributed by atoms with Gasteiger partial charge in [0.1, 0.15) is 5.75 Å². The monoisotopic (exact) mass is 274 g/mol. The highest BCUT2D eigenvalue weighted by atomic mass is 19.4. The van der Waals surface area contributed by atoms with Crippen LogP contribution in [0.2, 0.25) is 0 Å². The average molecular weight is 274 g/mol. The van der Waals surface area contributed by atoms with Gasteiger partial charge in [-0.25, -0.2) is 4.79 Å². The molecule has 0 radical (unpaired) electrons. The molecule has 0 aliphatic rings. The minimum Gasteiger partial charge on any atom is -0.496 e. The van der Waals surface area contributed by atoms with Crippen molar-refractivity contribution in [3.05, 3.63) is 35.4 Å². The van der Waals surface area contributed by atoms with Crippen LogP contribution in [0.25, 0.3) is 6.08 Å². The summed E-state index contributed by atoms with van der Waals surface area (Å²) in [4.78, 5) is 11.1. The van der Waals surface area contributed by atoms with Gasteiger partial charge >= 0.3 is 12.1 Å². The van der Waals surface area contributed by atoms with E-state index in [0.29, 0.717) is 5.56 Å². The standard InChI is InChI=1S/C13H13F3O3/c1-3-19-12(17)7-5-9-4-6-10(13(14,15)16)11(8-9)18-2/h4-8H,3H2,1-2H3. The minimum absolute atomic E-state index is 0.236. The van der Waals surface area contributed by atoms with E-state index in [1.54, 1.807) is 6.92 Å². The van der Waals surface area contributed by atoms with Crippen molar-refractivity contribution in [2.75, 3.05) is 13.7 Å². The van der Waals surface area contributed by atoms with Crippen molar-refractivity contribution in [3.63, 3.8) is 0 Å². The molecule has 0 bridgehead atoms. The van der Waals surface area contributed by atoms with Crippen LogP contribution in [-0.4, -0.2) is 19.7 Å². The molecule has 1 aromatic carbocycles. The highest BCUT2D eigenvalue weighted by molar-refractivity contribution is 5.87. The van der Waals surface area contributed by atoms with Crippen molar-refractivity contribution in [1.82, 2.24) is 0 Å². The van der Waals surface area contributed by atoms with Crippen molar-refractivity contribution in [3.8, 4) is 5.75 Å². The Kier molecular flexibility index (Phi) is 4.97. The topological polar surface area (TPSA) is 35.5 Å². The van der Waals surface area contributed by atoms with Crippen molar-refractivity contribution in [2.45, 2.75) is 13.1 Å². The van der Waals surface area contributed by atoms with E-state index < -0.39 is 17.7 Å². The van der Waals surface area contributed by atoms with Crippen LogP contribution in [0.15, 0.2) is 24.3 Å². The third-order valence-corrected chi connectivity index (χ3v) is 2.23. The van der Waals surface area contributed by atoms with Crippen LogP contribution < -0.4 is 4.74 Å². The summed E-state index contributed by atoms with van der Waals surface area (Å²) in [6.07, 6.45) is -1.97. The SMILES string of the molecule is CCOC(=O)C=Cc1ccc(C(F)(F)F)c(OC)c1. The molecule has 104 valence electrons. The van der Waals surface area contributed by atoms with E-state index in [1.807, 2.05) is 0 Å². The predicted molar refractivity (Wildman–Crippen MR) is 63.7 cm³/mol. The van der Waals surface area contributed by atoms with Crippen molar-refractivity contribution in [1.29, 1.82) is 0 Å². The van der Waals surface area contributed by atoms with Gasteiger partial charge < -0.3 is 9.47 Å². The number of benzene rings is 1. The fourth-order valence-electron chi connectivity index (χ4n) is 1.40. The third-order valence-electron chi connectivity index (χ3n) is 2.23. The number of rotatable bonds is 4. The van der Waals surface area contributed by atoms with Gasteiger partial charge in [0.15, 0.2) is 0 Å². The molecule has 0 atom stereocenters. The lowest BCUT2D eigenvalue weighted by Gasteiger charge is -2.12. The molecule has 0 N–H and O–H groups in total. The second-order valence-electron chi connectivity index (χ2n) is 3.54. The van der Waals surface area contributed by atoms with E-state index >= 15 is 0 Å². The molecular formula is C13H13F3O3. The second kappa shape index (κ2) is 6.26. The van der Waals surface area contributed by atoms with Crippen molar-refractivity contribution in [2.24, 2.45) is 0 Å². The number of halogens is 3. The van der Waals surface area contributed by atoms with Gasteiger partial charge in [-0.3, -0.25) is 0 Å². The van der Waals surface area contributed by atoms with Crippen LogP contribution in [0.4, 0.5) is 13.2 Å². The summed E-state index contributed by atoms with van der Waals surface area (Å²) in [6.45, 7) is 1.90. The van der Waals surface area contributed by atoms with Crippen molar-refractivity contribution >= 4 is 12.0 Å². The van der Waals surface area contributed by atoms with Crippen LogP contribution in [0.5, 0.6) is 5.75 Å². The summed E-state index contributed by atoms with van der Waals surface area (Å²) in [7, 11) is 1.16. The molecule has 0 aliphatic heterocycles. The first-order valence-corrected chi connectivity index (χ1v) is 5.48. The molecule has 0 aromatic heterocycles. The van der Waals surface area contributed by atoms with Crippen LogP contribution in [-0.2, 0) is 15.7 Å². The molecule has 0 unspecified atom stereocenters. The van der Waals surface area contributed by atoms with Crippen molar-refractivity contribution < 1.29 is 27.4 Å². The first-order valence-electron chi connectivity index (χ1n) is 5.48. The van der Waals surface area contributed by atoms with E-state index in [4.69, 9.17) is 4.74 Å². The predicted octanol–water partition coefficient (Wildman–Crippen LogP) is 3.29. The number of ether oxygens (including phenoxy) is 2. The van der Waals surface area contributed by atoms with E-state index in [9.17, 15) is 18.0 Å². The molecule has 6 heteroatoms.